The first-order valence-electron chi connectivity index (χ1n) is 3.00. The van der Waals surface area contributed by atoms with Crippen LogP contribution in [0.2, 0.25) is 0 Å². The summed E-state index contributed by atoms with van der Waals surface area (Å²) >= 11 is 0. The third-order valence-corrected chi connectivity index (χ3v) is 1.37. The molecule has 0 bridgehead atoms. The smallest absolute Gasteiger partial charge is 0.321 e. The molecule has 0 radical (unpaired) electrons. The Bertz CT molecular complexity index is 173. The molecular formula is C5H10ClN3O2. The maximum Gasteiger partial charge on any atom is 0.321 e. The first-order chi connectivity index (χ1) is 4.74. The zero-order chi connectivity index (χ0) is 7.56. The molecule has 1 saturated heterocycles. The molecule has 1 aliphatic heterocycles. The number of likely N-dealkylation sites (N-methyl/N-ethyl adjacent to an activating group) is 1. The van der Waals surface area contributed by atoms with E-state index in [-0.39, 0.29) is 24.4 Å². The molecule has 1 fully saturated rings. The summed E-state index contributed by atoms with van der Waals surface area (Å²) in [4.78, 5) is 21.3. The molecule has 0 aromatic rings. The van der Waals surface area contributed by atoms with E-state index in [0.717, 1.165) is 0 Å². The lowest BCUT2D eigenvalue weighted by atomic mass is 10.2. The molecule has 0 aromatic heterocycles. The van der Waals surface area contributed by atoms with Crippen LogP contribution in [0.4, 0.5) is 4.79 Å². The molecule has 11 heavy (non-hydrogen) atoms. The lowest BCUT2D eigenvalue weighted by molar-refractivity contribution is -0.122. The zero-order valence-electron chi connectivity index (χ0n) is 6.01. The summed E-state index contributed by atoms with van der Waals surface area (Å²) in [6.45, 7) is 0.362. The molecule has 0 spiro atoms. The number of halogens is 1. The van der Waals surface area contributed by atoms with Gasteiger partial charge in [0.05, 0.1) is 0 Å². The normalized spacial score (nSPS) is 23.2. The minimum atomic E-state index is -0.420. The Labute approximate surface area is 70.3 Å². The fourth-order valence-corrected chi connectivity index (χ4v) is 0.764. The highest BCUT2D eigenvalue weighted by Gasteiger charge is 2.23. The molecule has 0 aromatic carbocycles. The number of carbonyl (C=O) groups excluding carboxylic acids is 2. The van der Waals surface area contributed by atoms with Crippen LogP contribution in [0, 0.1) is 0 Å². The molecule has 1 unspecified atom stereocenters. The van der Waals surface area contributed by atoms with Gasteiger partial charge in [-0.2, -0.15) is 0 Å². The fraction of sp³-hybridized carbons (Fsp3) is 0.600. The average molecular weight is 180 g/mol. The van der Waals surface area contributed by atoms with Gasteiger partial charge in [0.15, 0.2) is 0 Å². The van der Waals surface area contributed by atoms with Crippen LogP contribution < -0.4 is 16.0 Å². The van der Waals surface area contributed by atoms with Crippen molar-refractivity contribution in [3.05, 3.63) is 0 Å². The van der Waals surface area contributed by atoms with Crippen molar-refractivity contribution in [3.8, 4) is 0 Å². The van der Waals surface area contributed by atoms with Gasteiger partial charge < -0.3 is 10.6 Å². The van der Waals surface area contributed by atoms with E-state index < -0.39 is 6.03 Å². The summed E-state index contributed by atoms with van der Waals surface area (Å²) in [5, 5.41) is 7.36. The van der Waals surface area contributed by atoms with E-state index in [2.05, 4.69) is 16.0 Å². The van der Waals surface area contributed by atoms with Crippen molar-refractivity contribution in [1.82, 2.24) is 16.0 Å². The Morgan fingerprint density at radius 1 is 1.55 bits per heavy atom. The van der Waals surface area contributed by atoms with E-state index in [9.17, 15) is 9.59 Å². The summed E-state index contributed by atoms with van der Waals surface area (Å²) < 4.78 is 0. The van der Waals surface area contributed by atoms with E-state index in [1.54, 1.807) is 7.05 Å². The average Bonchev–Trinajstić information content (AvgIpc) is 1.88. The molecule has 1 atom stereocenters. The van der Waals surface area contributed by atoms with Crippen LogP contribution in [0.3, 0.4) is 0 Å². The number of hydrogen-bond acceptors (Lipinski definition) is 3. The van der Waals surface area contributed by atoms with Crippen LogP contribution in [0.15, 0.2) is 0 Å². The van der Waals surface area contributed by atoms with Crippen LogP contribution in [-0.4, -0.2) is 31.6 Å². The zero-order valence-corrected chi connectivity index (χ0v) is 6.83. The SMILES string of the molecule is CNC1CNC(=O)NC1=O.Cl. The van der Waals surface area contributed by atoms with Gasteiger partial charge in [-0.05, 0) is 7.05 Å². The number of carbonyl (C=O) groups is 2. The lowest BCUT2D eigenvalue weighted by Crippen LogP contribution is -2.59. The van der Waals surface area contributed by atoms with Gasteiger partial charge in [0.2, 0.25) is 5.91 Å². The van der Waals surface area contributed by atoms with E-state index >= 15 is 0 Å². The minimum Gasteiger partial charge on any atom is -0.336 e. The number of rotatable bonds is 1. The van der Waals surface area contributed by atoms with Gasteiger partial charge in [0, 0.05) is 6.54 Å². The fourth-order valence-electron chi connectivity index (χ4n) is 0.764. The van der Waals surface area contributed by atoms with Gasteiger partial charge in [-0.25, -0.2) is 4.79 Å². The Kier molecular flexibility index (Phi) is 3.84. The third-order valence-electron chi connectivity index (χ3n) is 1.37. The molecule has 1 heterocycles. The van der Waals surface area contributed by atoms with Gasteiger partial charge in [-0.15, -0.1) is 12.4 Å². The van der Waals surface area contributed by atoms with Crippen LogP contribution in [-0.2, 0) is 4.79 Å². The predicted molar refractivity (Wildman–Crippen MR) is 41.6 cm³/mol. The Balaban J connectivity index is 0.000001000. The van der Waals surface area contributed by atoms with Crippen molar-refractivity contribution in [3.63, 3.8) is 0 Å². The largest absolute Gasteiger partial charge is 0.336 e. The number of urea groups is 1. The molecule has 6 heteroatoms. The summed E-state index contributed by atoms with van der Waals surface area (Å²) in [5.74, 6) is -0.272. The maximum atomic E-state index is 10.8. The highest BCUT2D eigenvalue weighted by atomic mass is 35.5. The highest BCUT2D eigenvalue weighted by molar-refractivity contribution is 5.99. The summed E-state index contributed by atoms with van der Waals surface area (Å²) in [6, 6.07) is -0.714. The molecular weight excluding hydrogens is 170 g/mol. The monoisotopic (exact) mass is 179 g/mol. The Morgan fingerprint density at radius 3 is 2.64 bits per heavy atom. The van der Waals surface area contributed by atoms with Gasteiger partial charge in [0.1, 0.15) is 6.04 Å². The summed E-state index contributed by atoms with van der Waals surface area (Å²) in [6.07, 6.45) is 0. The second kappa shape index (κ2) is 4.15. The third kappa shape index (κ3) is 2.36. The van der Waals surface area contributed by atoms with E-state index in [1.807, 2.05) is 0 Å². The van der Waals surface area contributed by atoms with Crippen molar-refractivity contribution in [2.75, 3.05) is 13.6 Å². The molecule has 1 aliphatic rings. The second-order valence-electron chi connectivity index (χ2n) is 2.04. The predicted octanol–water partition coefficient (Wildman–Crippen LogP) is -1.16. The molecule has 0 saturated carbocycles. The second-order valence-corrected chi connectivity index (χ2v) is 2.04. The van der Waals surface area contributed by atoms with Crippen molar-refractivity contribution >= 4 is 24.3 Å². The number of nitrogens with one attached hydrogen (secondary N) is 3. The molecule has 5 nitrogen and oxygen atoms in total. The summed E-state index contributed by atoms with van der Waals surface area (Å²) in [5.41, 5.74) is 0. The molecule has 64 valence electrons. The van der Waals surface area contributed by atoms with E-state index in [1.165, 1.54) is 0 Å². The van der Waals surface area contributed by atoms with Crippen molar-refractivity contribution in [2.45, 2.75) is 6.04 Å². The van der Waals surface area contributed by atoms with Crippen LogP contribution in [0.25, 0.3) is 0 Å². The van der Waals surface area contributed by atoms with Crippen LogP contribution in [0.1, 0.15) is 0 Å². The maximum absolute atomic E-state index is 10.8. The van der Waals surface area contributed by atoms with Crippen LogP contribution in [0.5, 0.6) is 0 Å². The quantitative estimate of drug-likeness (QED) is 0.476. The minimum absolute atomic E-state index is 0. The summed E-state index contributed by atoms with van der Waals surface area (Å²) in [7, 11) is 1.67. The number of hydrogen-bond donors (Lipinski definition) is 3. The van der Waals surface area contributed by atoms with Crippen LogP contribution >= 0.6 is 12.4 Å². The van der Waals surface area contributed by atoms with Crippen molar-refractivity contribution in [2.24, 2.45) is 0 Å². The Morgan fingerprint density at radius 2 is 2.18 bits per heavy atom. The van der Waals surface area contributed by atoms with Gasteiger partial charge >= 0.3 is 6.03 Å². The van der Waals surface area contributed by atoms with Gasteiger partial charge in [0.25, 0.3) is 0 Å². The van der Waals surface area contributed by atoms with E-state index in [0.29, 0.717) is 6.54 Å². The topological polar surface area (TPSA) is 70.2 Å². The molecule has 3 N–H and O–H groups in total. The molecule has 1 rings (SSSR count). The van der Waals surface area contributed by atoms with Gasteiger partial charge in [-0.3, -0.25) is 10.1 Å². The van der Waals surface area contributed by atoms with Crippen molar-refractivity contribution < 1.29 is 9.59 Å². The standard InChI is InChI=1S/C5H9N3O2.ClH/c1-6-3-2-7-5(10)8-4(3)9;/h3,6H,2H2,1H3,(H2,7,8,9,10);1H. The first kappa shape index (κ1) is 10.2. The number of imide groups is 1. The van der Waals surface area contributed by atoms with Gasteiger partial charge in [-0.1, -0.05) is 0 Å². The first-order valence-corrected chi connectivity index (χ1v) is 3.00. The van der Waals surface area contributed by atoms with Crippen molar-refractivity contribution in [1.29, 1.82) is 0 Å². The Hall–Kier alpha value is -0.810. The van der Waals surface area contributed by atoms with E-state index in [4.69, 9.17) is 0 Å². The highest BCUT2D eigenvalue weighted by Crippen LogP contribution is 1.86. The number of amides is 3. The molecule has 3 amide bonds. The molecule has 0 aliphatic carbocycles. The lowest BCUT2D eigenvalue weighted by Gasteiger charge is -2.20.